The van der Waals surface area contributed by atoms with Gasteiger partial charge in [-0.05, 0) is 5.56 Å². The normalized spacial score (nSPS) is 20.3. The minimum Gasteiger partial charge on any atom is -0.355 e. The van der Waals surface area contributed by atoms with E-state index >= 15 is 0 Å². The number of carbonyl (C=O) groups excluding carboxylic acids is 2. The average Bonchev–Trinajstić information content (AvgIpc) is 2.83. The second kappa shape index (κ2) is 5.64. The van der Waals surface area contributed by atoms with Gasteiger partial charge in [-0.1, -0.05) is 30.3 Å². The number of nitrogens with one attached hydrogen (secondary N) is 2. The van der Waals surface area contributed by atoms with E-state index in [1.807, 2.05) is 30.3 Å². The molecule has 0 saturated carbocycles. The second-order valence-corrected chi connectivity index (χ2v) is 4.47. The van der Waals surface area contributed by atoms with Crippen LogP contribution in [0.4, 0.5) is 0 Å². The zero-order valence-electron chi connectivity index (χ0n) is 10.1. The van der Waals surface area contributed by atoms with Crippen molar-refractivity contribution in [3.63, 3.8) is 0 Å². The molecule has 1 aliphatic rings. The van der Waals surface area contributed by atoms with Crippen LogP contribution in [0.5, 0.6) is 0 Å². The van der Waals surface area contributed by atoms with Crippen LogP contribution in [0.3, 0.4) is 0 Å². The van der Waals surface area contributed by atoms with Gasteiger partial charge in [0.25, 0.3) is 0 Å². The van der Waals surface area contributed by atoms with Crippen molar-refractivity contribution in [2.45, 2.75) is 12.5 Å². The topological polar surface area (TPSA) is 84.2 Å². The summed E-state index contributed by atoms with van der Waals surface area (Å²) in [6, 6.07) is 9.38. The summed E-state index contributed by atoms with van der Waals surface area (Å²) in [5, 5.41) is 5.43. The molecule has 2 atom stereocenters. The maximum atomic E-state index is 11.8. The smallest absolute Gasteiger partial charge is 0.225 e. The molecular formula is C13H17N3O2. The van der Waals surface area contributed by atoms with Gasteiger partial charge in [-0.2, -0.15) is 0 Å². The molecule has 1 aliphatic heterocycles. The van der Waals surface area contributed by atoms with Crippen molar-refractivity contribution in [2.75, 3.05) is 13.1 Å². The van der Waals surface area contributed by atoms with E-state index in [0.29, 0.717) is 13.1 Å². The largest absolute Gasteiger partial charge is 0.355 e. The third-order valence-electron chi connectivity index (χ3n) is 3.07. The summed E-state index contributed by atoms with van der Waals surface area (Å²) in [5.41, 5.74) is 6.96. The molecule has 4 N–H and O–H groups in total. The van der Waals surface area contributed by atoms with E-state index < -0.39 is 0 Å². The standard InChI is InChI=1S/C13H17N3O2/c14-11(9-4-2-1-3-5-9)8-16-13(18)10-6-12(17)15-7-10/h1-5,10-11H,6-8,14H2,(H,15,17)(H,16,18). The van der Waals surface area contributed by atoms with Gasteiger partial charge in [0.2, 0.25) is 11.8 Å². The fourth-order valence-corrected chi connectivity index (χ4v) is 1.96. The lowest BCUT2D eigenvalue weighted by molar-refractivity contribution is -0.126. The SMILES string of the molecule is NC(CNC(=O)C1CNC(=O)C1)c1ccccc1. The highest BCUT2D eigenvalue weighted by Crippen LogP contribution is 2.11. The zero-order chi connectivity index (χ0) is 13.0. The van der Waals surface area contributed by atoms with Crippen LogP contribution in [0.1, 0.15) is 18.0 Å². The van der Waals surface area contributed by atoms with E-state index in [1.165, 1.54) is 0 Å². The van der Waals surface area contributed by atoms with Gasteiger partial charge in [0, 0.05) is 25.6 Å². The maximum absolute atomic E-state index is 11.8. The van der Waals surface area contributed by atoms with Crippen LogP contribution in [0, 0.1) is 5.92 Å². The first-order valence-corrected chi connectivity index (χ1v) is 6.02. The predicted molar refractivity (Wildman–Crippen MR) is 67.5 cm³/mol. The Bertz CT molecular complexity index is 433. The molecule has 0 aromatic heterocycles. The van der Waals surface area contributed by atoms with Gasteiger partial charge in [-0.25, -0.2) is 0 Å². The Morgan fingerprint density at radius 3 is 2.78 bits per heavy atom. The number of amides is 2. The van der Waals surface area contributed by atoms with Crippen molar-refractivity contribution in [1.82, 2.24) is 10.6 Å². The van der Waals surface area contributed by atoms with Crippen molar-refractivity contribution >= 4 is 11.8 Å². The summed E-state index contributed by atoms with van der Waals surface area (Å²) in [7, 11) is 0. The van der Waals surface area contributed by atoms with Crippen molar-refractivity contribution in [1.29, 1.82) is 0 Å². The van der Waals surface area contributed by atoms with Gasteiger partial charge in [0.1, 0.15) is 0 Å². The minimum atomic E-state index is -0.263. The monoisotopic (exact) mass is 247 g/mol. The summed E-state index contributed by atoms with van der Waals surface area (Å²) in [5.74, 6) is -0.442. The van der Waals surface area contributed by atoms with Crippen LogP contribution >= 0.6 is 0 Å². The van der Waals surface area contributed by atoms with Gasteiger partial charge in [0.15, 0.2) is 0 Å². The number of hydrogen-bond acceptors (Lipinski definition) is 3. The molecule has 1 saturated heterocycles. The quantitative estimate of drug-likeness (QED) is 0.697. The van der Waals surface area contributed by atoms with E-state index in [9.17, 15) is 9.59 Å². The lowest BCUT2D eigenvalue weighted by atomic mass is 10.1. The van der Waals surface area contributed by atoms with E-state index in [1.54, 1.807) is 0 Å². The molecule has 5 nitrogen and oxygen atoms in total. The summed E-state index contributed by atoms with van der Waals surface area (Å²) in [4.78, 5) is 22.8. The van der Waals surface area contributed by atoms with Gasteiger partial charge >= 0.3 is 0 Å². The molecule has 2 amide bonds. The summed E-state index contributed by atoms with van der Waals surface area (Å²) in [6.07, 6.45) is 0.270. The van der Waals surface area contributed by atoms with Crippen LogP contribution in [0.2, 0.25) is 0 Å². The van der Waals surface area contributed by atoms with Gasteiger partial charge in [-0.15, -0.1) is 0 Å². The Balaban J connectivity index is 1.81. The van der Waals surface area contributed by atoms with E-state index in [2.05, 4.69) is 10.6 Å². The van der Waals surface area contributed by atoms with Crippen molar-refractivity contribution < 1.29 is 9.59 Å². The molecule has 2 unspecified atom stereocenters. The molecule has 18 heavy (non-hydrogen) atoms. The first-order valence-electron chi connectivity index (χ1n) is 6.02. The Morgan fingerprint density at radius 2 is 2.17 bits per heavy atom. The lowest BCUT2D eigenvalue weighted by Gasteiger charge is -2.14. The molecule has 0 aliphatic carbocycles. The van der Waals surface area contributed by atoms with Crippen LogP contribution in [0.25, 0.3) is 0 Å². The third-order valence-corrected chi connectivity index (χ3v) is 3.07. The Kier molecular flexibility index (Phi) is 3.94. The molecule has 96 valence electrons. The molecule has 1 aromatic rings. The maximum Gasteiger partial charge on any atom is 0.225 e. The Hall–Kier alpha value is -1.88. The highest BCUT2D eigenvalue weighted by Gasteiger charge is 2.27. The second-order valence-electron chi connectivity index (χ2n) is 4.47. The first-order chi connectivity index (χ1) is 8.66. The molecule has 5 heteroatoms. The fourth-order valence-electron chi connectivity index (χ4n) is 1.96. The molecule has 1 aromatic carbocycles. The Morgan fingerprint density at radius 1 is 1.44 bits per heavy atom. The molecular weight excluding hydrogens is 230 g/mol. The van der Waals surface area contributed by atoms with Gasteiger partial charge < -0.3 is 16.4 Å². The van der Waals surface area contributed by atoms with E-state index in [4.69, 9.17) is 5.73 Å². The molecule has 0 bridgehead atoms. The molecule has 0 radical (unpaired) electrons. The molecule has 1 fully saturated rings. The molecule has 0 spiro atoms. The highest BCUT2D eigenvalue weighted by atomic mass is 16.2. The summed E-state index contributed by atoms with van der Waals surface area (Å²) in [6.45, 7) is 0.804. The van der Waals surface area contributed by atoms with Crippen molar-refractivity contribution in [2.24, 2.45) is 11.7 Å². The summed E-state index contributed by atoms with van der Waals surface area (Å²) >= 11 is 0. The minimum absolute atomic E-state index is 0.0671. The van der Waals surface area contributed by atoms with Gasteiger partial charge in [-0.3, -0.25) is 9.59 Å². The zero-order valence-corrected chi connectivity index (χ0v) is 10.1. The number of nitrogens with two attached hydrogens (primary N) is 1. The van der Waals surface area contributed by atoms with Crippen LogP contribution in [-0.2, 0) is 9.59 Å². The van der Waals surface area contributed by atoms with E-state index in [0.717, 1.165) is 5.56 Å². The number of hydrogen-bond donors (Lipinski definition) is 3. The molecule has 2 rings (SSSR count). The van der Waals surface area contributed by atoms with Crippen LogP contribution < -0.4 is 16.4 Å². The predicted octanol–water partition coefficient (Wildman–Crippen LogP) is -0.0613. The number of benzene rings is 1. The average molecular weight is 247 g/mol. The number of rotatable bonds is 4. The van der Waals surface area contributed by atoms with Crippen molar-refractivity contribution in [3.8, 4) is 0 Å². The Labute approximate surface area is 106 Å². The third kappa shape index (κ3) is 3.07. The van der Waals surface area contributed by atoms with Gasteiger partial charge in [0.05, 0.1) is 5.92 Å². The summed E-state index contributed by atoms with van der Waals surface area (Å²) < 4.78 is 0. The van der Waals surface area contributed by atoms with Crippen molar-refractivity contribution in [3.05, 3.63) is 35.9 Å². The molecule has 1 heterocycles. The fraction of sp³-hybridized carbons (Fsp3) is 0.385. The van der Waals surface area contributed by atoms with Crippen LogP contribution in [-0.4, -0.2) is 24.9 Å². The van der Waals surface area contributed by atoms with Crippen LogP contribution in [0.15, 0.2) is 30.3 Å². The highest BCUT2D eigenvalue weighted by molar-refractivity contribution is 5.89. The van der Waals surface area contributed by atoms with E-state index in [-0.39, 0.29) is 30.2 Å². The first kappa shape index (κ1) is 12.6. The number of carbonyl (C=O) groups is 2. The lowest BCUT2D eigenvalue weighted by Crippen LogP contribution is -2.36.